The van der Waals surface area contributed by atoms with E-state index in [0.717, 1.165) is 32.1 Å². The number of carbonyl (C=O) groups is 2. The number of hydrogen-bond acceptors (Lipinski definition) is 3. The number of hydrogen-bond donors (Lipinski definition) is 2. The van der Waals surface area contributed by atoms with Crippen LogP contribution in [0.15, 0.2) is 30.3 Å². The number of ether oxygens (including phenoxy) is 1. The molecule has 1 fully saturated rings. The van der Waals surface area contributed by atoms with Crippen molar-refractivity contribution < 1.29 is 19.4 Å². The Hall–Kier alpha value is -1.88. The van der Waals surface area contributed by atoms with Crippen LogP contribution in [0.5, 0.6) is 0 Å². The highest BCUT2D eigenvalue weighted by Gasteiger charge is 2.32. The van der Waals surface area contributed by atoms with E-state index in [4.69, 9.17) is 4.74 Å². The van der Waals surface area contributed by atoms with Crippen LogP contribution in [0.3, 0.4) is 0 Å². The van der Waals surface area contributed by atoms with Gasteiger partial charge in [-0.25, -0.2) is 4.79 Å². The van der Waals surface area contributed by atoms with Gasteiger partial charge < -0.3 is 15.2 Å². The standard InChI is InChI=1S/C19H27NO4/c1-14(7-5-10-15-8-3-2-4-9-15)18(21)20-17(19(22)23)16-11-6-12-24-13-16/h2-4,8-9,14,16-17H,5-7,10-13H2,1H3,(H,20,21)(H,22,23). The van der Waals surface area contributed by atoms with Gasteiger partial charge in [-0.2, -0.15) is 0 Å². The number of nitrogens with one attached hydrogen (secondary N) is 1. The molecular weight excluding hydrogens is 306 g/mol. The summed E-state index contributed by atoms with van der Waals surface area (Å²) in [6.45, 7) is 2.93. The van der Waals surface area contributed by atoms with Gasteiger partial charge in [0.15, 0.2) is 0 Å². The fourth-order valence-electron chi connectivity index (χ4n) is 3.09. The van der Waals surface area contributed by atoms with Crippen molar-refractivity contribution in [2.45, 2.75) is 45.1 Å². The van der Waals surface area contributed by atoms with Crippen LogP contribution < -0.4 is 5.32 Å². The van der Waals surface area contributed by atoms with Gasteiger partial charge >= 0.3 is 5.97 Å². The largest absolute Gasteiger partial charge is 0.480 e. The molecule has 2 N–H and O–H groups in total. The molecular formula is C19H27NO4. The molecule has 5 heteroatoms. The van der Waals surface area contributed by atoms with Crippen molar-refractivity contribution in [1.82, 2.24) is 5.32 Å². The zero-order valence-electron chi connectivity index (χ0n) is 14.2. The number of benzene rings is 1. The first-order valence-corrected chi connectivity index (χ1v) is 8.72. The first-order valence-electron chi connectivity index (χ1n) is 8.72. The summed E-state index contributed by atoms with van der Waals surface area (Å²) in [6.07, 6.45) is 4.20. The summed E-state index contributed by atoms with van der Waals surface area (Å²) < 4.78 is 5.35. The Morgan fingerprint density at radius 3 is 2.71 bits per heavy atom. The van der Waals surface area contributed by atoms with E-state index in [1.807, 2.05) is 25.1 Å². The monoisotopic (exact) mass is 333 g/mol. The molecule has 2 rings (SSSR count). The number of carboxylic acids is 1. The molecule has 0 saturated carbocycles. The lowest BCUT2D eigenvalue weighted by Gasteiger charge is -2.28. The van der Waals surface area contributed by atoms with Gasteiger partial charge in [0.2, 0.25) is 5.91 Å². The maximum absolute atomic E-state index is 12.3. The third-order valence-electron chi connectivity index (χ3n) is 4.62. The molecule has 3 unspecified atom stereocenters. The molecule has 5 nitrogen and oxygen atoms in total. The van der Waals surface area contributed by atoms with Crippen molar-refractivity contribution in [2.24, 2.45) is 11.8 Å². The van der Waals surface area contributed by atoms with Crippen molar-refractivity contribution >= 4 is 11.9 Å². The van der Waals surface area contributed by atoms with Crippen molar-refractivity contribution in [2.75, 3.05) is 13.2 Å². The number of aliphatic carboxylic acids is 1. The zero-order chi connectivity index (χ0) is 17.4. The molecule has 1 aliphatic rings. The number of aryl methyl sites for hydroxylation is 1. The molecule has 1 aliphatic heterocycles. The van der Waals surface area contributed by atoms with Crippen LogP contribution in [-0.2, 0) is 20.7 Å². The third-order valence-corrected chi connectivity index (χ3v) is 4.62. The fraction of sp³-hybridized carbons (Fsp3) is 0.579. The average Bonchev–Trinajstić information content (AvgIpc) is 2.60. The molecule has 0 spiro atoms. The molecule has 1 aromatic rings. The van der Waals surface area contributed by atoms with Crippen molar-refractivity contribution in [1.29, 1.82) is 0 Å². The Labute approximate surface area is 143 Å². The molecule has 132 valence electrons. The normalized spacial score (nSPS) is 20.1. The van der Waals surface area contributed by atoms with Crippen LogP contribution in [-0.4, -0.2) is 36.2 Å². The van der Waals surface area contributed by atoms with Gasteiger partial charge in [-0.05, 0) is 37.7 Å². The molecule has 1 heterocycles. The van der Waals surface area contributed by atoms with Gasteiger partial charge in [0.1, 0.15) is 6.04 Å². The van der Waals surface area contributed by atoms with Gasteiger partial charge in [0.05, 0.1) is 6.61 Å². The fourth-order valence-corrected chi connectivity index (χ4v) is 3.09. The van der Waals surface area contributed by atoms with Gasteiger partial charge in [-0.3, -0.25) is 4.79 Å². The summed E-state index contributed by atoms with van der Waals surface area (Å²) in [6, 6.07) is 9.31. The molecule has 0 aromatic heterocycles. The Kier molecular flexibility index (Phi) is 7.25. The molecule has 3 atom stereocenters. The smallest absolute Gasteiger partial charge is 0.326 e. The van der Waals surface area contributed by atoms with Crippen LogP contribution in [0, 0.1) is 11.8 Å². The highest BCUT2D eigenvalue weighted by atomic mass is 16.5. The van der Waals surface area contributed by atoms with Crippen LogP contribution in [0.4, 0.5) is 0 Å². The zero-order valence-corrected chi connectivity index (χ0v) is 14.2. The number of rotatable bonds is 8. The summed E-state index contributed by atoms with van der Waals surface area (Å²) >= 11 is 0. The minimum Gasteiger partial charge on any atom is -0.480 e. The first-order chi connectivity index (χ1) is 11.6. The van der Waals surface area contributed by atoms with E-state index in [1.165, 1.54) is 5.56 Å². The van der Waals surface area contributed by atoms with Gasteiger partial charge in [-0.15, -0.1) is 0 Å². The van der Waals surface area contributed by atoms with E-state index in [0.29, 0.717) is 13.2 Å². The highest BCUT2D eigenvalue weighted by Crippen LogP contribution is 2.19. The number of amides is 1. The molecule has 0 radical (unpaired) electrons. The lowest BCUT2D eigenvalue weighted by atomic mass is 9.92. The summed E-state index contributed by atoms with van der Waals surface area (Å²) in [5.41, 5.74) is 1.26. The van der Waals surface area contributed by atoms with E-state index in [2.05, 4.69) is 17.4 Å². The van der Waals surface area contributed by atoms with Crippen LogP contribution in [0.25, 0.3) is 0 Å². The average molecular weight is 333 g/mol. The minimum absolute atomic E-state index is 0.142. The Balaban J connectivity index is 1.79. The lowest BCUT2D eigenvalue weighted by Crippen LogP contribution is -2.49. The van der Waals surface area contributed by atoms with Crippen molar-refractivity contribution in [3.63, 3.8) is 0 Å². The summed E-state index contributed by atoms with van der Waals surface area (Å²) in [5.74, 6) is -1.49. The third kappa shape index (κ3) is 5.64. The second-order valence-corrected chi connectivity index (χ2v) is 6.58. The molecule has 0 bridgehead atoms. The maximum atomic E-state index is 12.3. The molecule has 0 aliphatic carbocycles. The second-order valence-electron chi connectivity index (χ2n) is 6.58. The molecule has 1 aromatic carbocycles. The first kappa shape index (κ1) is 18.5. The van der Waals surface area contributed by atoms with Crippen LogP contribution in [0.2, 0.25) is 0 Å². The predicted octanol–water partition coefficient (Wildman–Crippen LogP) is 2.64. The van der Waals surface area contributed by atoms with Gasteiger partial charge in [0, 0.05) is 18.4 Å². The van der Waals surface area contributed by atoms with Crippen molar-refractivity contribution in [3.05, 3.63) is 35.9 Å². The van der Waals surface area contributed by atoms with E-state index in [-0.39, 0.29) is 17.7 Å². The van der Waals surface area contributed by atoms with Crippen molar-refractivity contribution in [3.8, 4) is 0 Å². The second kappa shape index (κ2) is 9.42. The SMILES string of the molecule is CC(CCCc1ccccc1)C(=O)NC(C(=O)O)C1CCCOC1. The quantitative estimate of drug-likeness (QED) is 0.767. The summed E-state index contributed by atoms with van der Waals surface area (Å²) in [4.78, 5) is 23.8. The predicted molar refractivity (Wildman–Crippen MR) is 91.7 cm³/mol. The number of carbonyl (C=O) groups excluding carboxylic acids is 1. The summed E-state index contributed by atoms with van der Waals surface area (Å²) in [5, 5.41) is 12.1. The Morgan fingerprint density at radius 1 is 1.33 bits per heavy atom. The summed E-state index contributed by atoms with van der Waals surface area (Å²) in [7, 11) is 0. The Bertz CT molecular complexity index is 525. The van der Waals surface area contributed by atoms with E-state index >= 15 is 0 Å². The number of carboxylic acid groups (broad SMARTS) is 1. The minimum atomic E-state index is -0.977. The van der Waals surface area contributed by atoms with Gasteiger partial charge in [0.25, 0.3) is 0 Å². The van der Waals surface area contributed by atoms with E-state index in [9.17, 15) is 14.7 Å². The highest BCUT2D eigenvalue weighted by molar-refractivity contribution is 5.85. The maximum Gasteiger partial charge on any atom is 0.326 e. The van der Waals surface area contributed by atoms with E-state index in [1.54, 1.807) is 0 Å². The van der Waals surface area contributed by atoms with E-state index < -0.39 is 12.0 Å². The van der Waals surface area contributed by atoms with Gasteiger partial charge in [-0.1, -0.05) is 37.3 Å². The lowest BCUT2D eigenvalue weighted by molar-refractivity contribution is -0.145. The topological polar surface area (TPSA) is 75.6 Å². The molecule has 1 saturated heterocycles. The van der Waals surface area contributed by atoms with Crippen LogP contribution in [0.1, 0.15) is 38.2 Å². The molecule has 1 amide bonds. The van der Waals surface area contributed by atoms with Crippen LogP contribution >= 0.6 is 0 Å². The Morgan fingerprint density at radius 2 is 2.08 bits per heavy atom. The molecule has 24 heavy (non-hydrogen) atoms.